The Kier molecular flexibility index (Phi) is 5.29. The first-order chi connectivity index (χ1) is 14.1. The van der Waals surface area contributed by atoms with Crippen LogP contribution in [0.15, 0.2) is 97.1 Å². The fourth-order valence-corrected chi connectivity index (χ4v) is 2.82. The van der Waals surface area contributed by atoms with Gasteiger partial charge in [0.15, 0.2) is 0 Å². The van der Waals surface area contributed by atoms with Crippen LogP contribution in [0.25, 0.3) is 0 Å². The molecular weight excluding hydrogens is 367 g/mol. The van der Waals surface area contributed by atoms with Crippen LogP contribution in [0, 0.1) is 5.82 Å². The Hall–Kier alpha value is -3.99. The monoisotopic (exact) mass is 386 g/mol. The fraction of sp³-hybridized carbons (Fsp3) is 0. The number of hydrogen-bond acceptors (Lipinski definition) is 4. The second-order valence-corrected chi connectivity index (χ2v) is 6.41. The Morgan fingerprint density at radius 1 is 0.586 bits per heavy atom. The van der Waals surface area contributed by atoms with Crippen molar-refractivity contribution in [3.8, 4) is 23.0 Å². The van der Waals surface area contributed by atoms with E-state index in [9.17, 15) is 4.39 Å². The molecule has 0 fully saturated rings. The van der Waals surface area contributed by atoms with Gasteiger partial charge < -0.3 is 20.5 Å². The maximum Gasteiger partial charge on any atom is 0.130 e. The van der Waals surface area contributed by atoms with Gasteiger partial charge in [0.05, 0.1) is 0 Å². The Bertz CT molecular complexity index is 1040. The van der Waals surface area contributed by atoms with E-state index in [0.29, 0.717) is 28.7 Å². The lowest BCUT2D eigenvalue weighted by Gasteiger charge is -2.11. The molecule has 4 nitrogen and oxygen atoms in total. The van der Waals surface area contributed by atoms with Crippen LogP contribution in [0.1, 0.15) is 0 Å². The summed E-state index contributed by atoms with van der Waals surface area (Å²) in [6.45, 7) is 0. The number of ether oxygens (including phenoxy) is 2. The SMILES string of the molecule is Nc1cccc(Oc2cccc(Nc3cccc(Oc4cccc(F)c4)c3)c2)c1. The molecule has 0 saturated carbocycles. The number of nitrogen functional groups attached to an aromatic ring is 1. The molecular formula is C24H19FN2O2. The highest BCUT2D eigenvalue weighted by molar-refractivity contribution is 5.63. The highest BCUT2D eigenvalue weighted by atomic mass is 19.1. The molecule has 0 heterocycles. The van der Waals surface area contributed by atoms with Gasteiger partial charge >= 0.3 is 0 Å². The molecule has 0 spiro atoms. The molecule has 0 bridgehead atoms. The average molecular weight is 386 g/mol. The van der Waals surface area contributed by atoms with Gasteiger partial charge in [0.2, 0.25) is 0 Å². The normalized spacial score (nSPS) is 10.4. The number of halogens is 1. The Labute approximate surface area is 168 Å². The van der Waals surface area contributed by atoms with Crippen molar-refractivity contribution in [2.24, 2.45) is 0 Å². The second kappa shape index (κ2) is 8.35. The summed E-state index contributed by atoms with van der Waals surface area (Å²) in [7, 11) is 0. The van der Waals surface area contributed by atoms with Gasteiger partial charge in [-0.25, -0.2) is 4.39 Å². The van der Waals surface area contributed by atoms with Crippen LogP contribution < -0.4 is 20.5 Å². The van der Waals surface area contributed by atoms with E-state index in [0.717, 1.165) is 11.4 Å². The van der Waals surface area contributed by atoms with Crippen molar-refractivity contribution in [1.82, 2.24) is 0 Å². The summed E-state index contributed by atoms with van der Waals surface area (Å²) in [6, 6.07) is 28.4. The summed E-state index contributed by atoms with van der Waals surface area (Å²) in [5, 5.41) is 3.32. The van der Waals surface area contributed by atoms with Crippen LogP contribution in [0.2, 0.25) is 0 Å². The second-order valence-electron chi connectivity index (χ2n) is 6.41. The van der Waals surface area contributed by atoms with Gasteiger partial charge in [-0.1, -0.05) is 24.3 Å². The molecule has 144 valence electrons. The molecule has 0 atom stereocenters. The number of rotatable bonds is 6. The first-order valence-electron chi connectivity index (χ1n) is 9.08. The molecule has 0 saturated heterocycles. The largest absolute Gasteiger partial charge is 0.457 e. The summed E-state index contributed by atoms with van der Waals surface area (Å²) >= 11 is 0. The van der Waals surface area contributed by atoms with Gasteiger partial charge in [-0.2, -0.15) is 0 Å². The minimum atomic E-state index is -0.339. The molecule has 0 aliphatic rings. The summed E-state index contributed by atoms with van der Waals surface area (Å²) in [5.41, 5.74) is 8.13. The number of nitrogens with one attached hydrogen (secondary N) is 1. The molecule has 4 rings (SSSR count). The minimum absolute atomic E-state index is 0.339. The zero-order valence-corrected chi connectivity index (χ0v) is 15.5. The molecule has 0 amide bonds. The van der Waals surface area contributed by atoms with Crippen LogP contribution >= 0.6 is 0 Å². The van der Waals surface area contributed by atoms with Crippen molar-refractivity contribution in [2.75, 3.05) is 11.1 Å². The predicted molar refractivity (Wildman–Crippen MR) is 114 cm³/mol. The number of anilines is 3. The third-order valence-electron chi connectivity index (χ3n) is 4.08. The Morgan fingerprint density at radius 2 is 1.07 bits per heavy atom. The van der Waals surface area contributed by atoms with E-state index in [4.69, 9.17) is 15.2 Å². The third kappa shape index (κ3) is 5.05. The van der Waals surface area contributed by atoms with Crippen molar-refractivity contribution in [2.45, 2.75) is 0 Å². The van der Waals surface area contributed by atoms with Crippen molar-refractivity contribution in [3.63, 3.8) is 0 Å². The topological polar surface area (TPSA) is 56.5 Å². The molecule has 29 heavy (non-hydrogen) atoms. The van der Waals surface area contributed by atoms with Gasteiger partial charge in [0, 0.05) is 41.3 Å². The molecule has 4 aromatic carbocycles. The highest BCUT2D eigenvalue weighted by Crippen LogP contribution is 2.29. The quantitative estimate of drug-likeness (QED) is 0.361. The van der Waals surface area contributed by atoms with E-state index >= 15 is 0 Å². The predicted octanol–water partition coefficient (Wildman–Crippen LogP) is 6.74. The number of benzene rings is 4. The van der Waals surface area contributed by atoms with E-state index in [-0.39, 0.29) is 5.82 Å². The molecule has 0 unspecified atom stereocenters. The van der Waals surface area contributed by atoms with Gasteiger partial charge in [-0.15, -0.1) is 0 Å². The van der Waals surface area contributed by atoms with E-state index < -0.39 is 0 Å². The zero-order valence-electron chi connectivity index (χ0n) is 15.5. The molecule has 0 aliphatic carbocycles. The van der Waals surface area contributed by atoms with Crippen molar-refractivity contribution >= 4 is 17.1 Å². The lowest BCUT2D eigenvalue weighted by Crippen LogP contribution is -1.93. The average Bonchev–Trinajstić information content (AvgIpc) is 2.69. The summed E-state index contributed by atoms with van der Waals surface area (Å²) in [4.78, 5) is 0. The molecule has 3 N–H and O–H groups in total. The number of nitrogens with two attached hydrogens (primary N) is 1. The van der Waals surface area contributed by atoms with Gasteiger partial charge in [-0.3, -0.25) is 0 Å². The van der Waals surface area contributed by atoms with Gasteiger partial charge in [-0.05, 0) is 48.5 Å². The Morgan fingerprint density at radius 3 is 1.62 bits per heavy atom. The van der Waals surface area contributed by atoms with E-state index in [1.807, 2.05) is 66.7 Å². The molecule has 0 aliphatic heterocycles. The summed E-state index contributed by atoms with van der Waals surface area (Å²) in [5.74, 6) is 2.07. The molecule has 0 aromatic heterocycles. The van der Waals surface area contributed by atoms with E-state index in [2.05, 4.69) is 5.32 Å². The van der Waals surface area contributed by atoms with Crippen LogP contribution in [0.4, 0.5) is 21.5 Å². The first-order valence-corrected chi connectivity index (χ1v) is 9.08. The molecule has 4 aromatic rings. The van der Waals surface area contributed by atoms with E-state index in [1.165, 1.54) is 12.1 Å². The fourth-order valence-electron chi connectivity index (χ4n) is 2.82. The van der Waals surface area contributed by atoms with Crippen molar-refractivity contribution in [3.05, 3.63) is 103 Å². The molecule has 5 heteroatoms. The lowest BCUT2D eigenvalue weighted by molar-refractivity contribution is 0.477. The number of hydrogen-bond donors (Lipinski definition) is 2. The van der Waals surface area contributed by atoms with Crippen molar-refractivity contribution in [1.29, 1.82) is 0 Å². The van der Waals surface area contributed by atoms with Crippen LogP contribution in [-0.4, -0.2) is 0 Å². The van der Waals surface area contributed by atoms with Crippen LogP contribution in [0.3, 0.4) is 0 Å². The van der Waals surface area contributed by atoms with Gasteiger partial charge in [0.1, 0.15) is 28.8 Å². The smallest absolute Gasteiger partial charge is 0.130 e. The first kappa shape index (κ1) is 18.4. The summed E-state index contributed by atoms with van der Waals surface area (Å²) in [6.07, 6.45) is 0. The van der Waals surface area contributed by atoms with Crippen LogP contribution in [0.5, 0.6) is 23.0 Å². The van der Waals surface area contributed by atoms with Gasteiger partial charge in [0.25, 0.3) is 0 Å². The van der Waals surface area contributed by atoms with E-state index in [1.54, 1.807) is 18.2 Å². The minimum Gasteiger partial charge on any atom is -0.457 e. The van der Waals surface area contributed by atoms with Crippen molar-refractivity contribution < 1.29 is 13.9 Å². The zero-order chi connectivity index (χ0) is 20.1. The standard InChI is InChI=1S/C24H19FN2O2/c25-17-5-1-9-21(13-17)28-23-11-3-7-19(15-23)27-20-8-4-12-24(16-20)29-22-10-2-6-18(26)14-22/h1-16,27H,26H2. The van der Waals surface area contributed by atoms with Crippen LogP contribution in [-0.2, 0) is 0 Å². The summed E-state index contributed by atoms with van der Waals surface area (Å²) < 4.78 is 24.9. The molecule has 0 radical (unpaired) electrons. The maximum absolute atomic E-state index is 13.3. The highest BCUT2D eigenvalue weighted by Gasteiger charge is 2.03. The lowest BCUT2D eigenvalue weighted by atomic mass is 10.2. The maximum atomic E-state index is 13.3. The third-order valence-corrected chi connectivity index (χ3v) is 4.08. The Balaban J connectivity index is 1.48.